The Morgan fingerprint density at radius 3 is 2.59 bits per heavy atom. The molecule has 0 aliphatic carbocycles. The van der Waals surface area contributed by atoms with Crippen molar-refractivity contribution in [3.05, 3.63) is 118 Å². The maximum atomic E-state index is 13.1. The Bertz CT molecular complexity index is 1650. The van der Waals surface area contributed by atoms with Gasteiger partial charge in [0, 0.05) is 5.56 Å². The number of benzene rings is 3. The van der Waals surface area contributed by atoms with Crippen molar-refractivity contribution in [1.82, 2.24) is 0 Å². The number of ether oxygens (including phenoxy) is 1. The number of anilines is 1. The predicted octanol–water partition coefficient (Wildman–Crippen LogP) is 6.46. The number of rotatable bonds is 7. The summed E-state index contributed by atoms with van der Waals surface area (Å²) in [5.41, 5.74) is 2.81. The van der Waals surface area contributed by atoms with Crippen LogP contribution in [0.2, 0.25) is 5.02 Å². The van der Waals surface area contributed by atoms with E-state index in [4.69, 9.17) is 20.8 Å². The summed E-state index contributed by atoms with van der Waals surface area (Å²) < 4.78 is 11.4. The smallest absolute Gasteiger partial charge is 0.340 e. The van der Waals surface area contributed by atoms with Gasteiger partial charge in [0.05, 0.1) is 33.1 Å². The van der Waals surface area contributed by atoms with Gasteiger partial charge < -0.3 is 14.3 Å². The fourth-order valence-corrected chi connectivity index (χ4v) is 4.19. The quantitative estimate of drug-likeness (QED) is 0.213. The minimum atomic E-state index is -1.10. The van der Waals surface area contributed by atoms with Crippen LogP contribution in [0, 0.1) is 0 Å². The van der Waals surface area contributed by atoms with Crippen molar-refractivity contribution < 1.29 is 28.6 Å². The molecular formula is C30H21ClN2O6. The van der Waals surface area contributed by atoms with E-state index in [9.17, 15) is 19.5 Å². The molecule has 0 spiro atoms. The van der Waals surface area contributed by atoms with E-state index >= 15 is 0 Å². The zero-order chi connectivity index (χ0) is 27.5. The number of carbonyl (C=O) groups excluding carboxylic acids is 2. The number of carbonyl (C=O) groups is 3. The van der Waals surface area contributed by atoms with Gasteiger partial charge in [-0.2, -0.15) is 10.1 Å². The summed E-state index contributed by atoms with van der Waals surface area (Å²) in [6.07, 6.45) is 1.57. The molecule has 0 saturated carbocycles. The maximum Gasteiger partial charge on any atom is 0.340 e. The average Bonchev–Trinajstić information content (AvgIpc) is 3.53. The summed E-state index contributed by atoms with van der Waals surface area (Å²) in [4.78, 5) is 37.1. The van der Waals surface area contributed by atoms with Crippen LogP contribution in [-0.4, -0.2) is 28.7 Å². The van der Waals surface area contributed by atoms with Gasteiger partial charge in [-0.25, -0.2) is 9.59 Å². The number of amides is 1. The molecule has 9 heteroatoms. The number of hydrogen-bond acceptors (Lipinski definition) is 6. The molecule has 0 atom stereocenters. The molecular weight excluding hydrogens is 520 g/mol. The number of aromatic carboxylic acids is 1. The Labute approximate surface area is 228 Å². The second-order valence-corrected chi connectivity index (χ2v) is 9.08. The van der Waals surface area contributed by atoms with Crippen LogP contribution >= 0.6 is 11.6 Å². The van der Waals surface area contributed by atoms with Crippen molar-refractivity contribution in [2.45, 2.75) is 13.5 Å². The third-order valence-electron chi connectivity index (χ3n) is 6.00. The molecule has 39 heavy (non-hydrogen) atoms. The van der Waals surface area contributed by atoms with E-state index in [0.29, 0.717) is 34.1 Å². The topological polar surface area (TPSA) is 109 Å². The molecule has 1 amide bonds. The zero-order valence-corrected chi connectivity index (χ0v) is 21.4. The molecule has 0 radical (unpaired) electrons. The largest absolute Gasteiger partial charge is 0.478 e. The summed E-state index contributed by atoms with van der Waals surface area (Å²) in [7, 11) is 0. The van der Waals surface area contributed by atoms with Gasteiger partial charge in [0.25, 0.3) is 5.91 Å². The standard InChI is InChI=1S/C30H21ClN2O6/c1-18-24(28(34)33(32-18)22-9-5-8-21(14-22)29(35)36)16-23-11-13-27(39-23)20-10-12-26(31)25(15-20)30(37)38-17-19-6-3-2-4-7-19/h2-16H,17H2,1H3,(H,35,36)/b24-16-. The van der Waals surface area contributed by atoms with E-state index in [-0.39, 0.29) is 22.8 Å². The molecule has 1 aromatic heterocycles. The summed E-state index contributed by atoms with van der Waals surface area (Å²) in [6.45, 7) is 1.80. The Morgan fingerprint density at radius 2 is 1.82 bits per heavy atom. The predicted molar refractivity (Wildman–Crippen MR) is 147 cm³/mol. The summed E-state index contributed by atoms with van der Waals surface area (Å²) in [6, 6.07) is 23.6. The highest BCUT2D eigenvalue weighted by Gasteiger charge is 2.29. The van der Waals surface area contributed by atoms with Crippen molar-refractivity contribution in [2.24, 2.45) is 5.10 Å². The SMILES string of the molecule is CC1=NN(c2cccc(C(=O)O)c2)C(=O)/C1=C\c1ccc(-c2ccc(Cl)c(C(=O)OCc3ccccc3)c2)o1. The molecule has 1 aliphatic rings. The first-order chi connectivity index (χ1) is 18.8. The Morgan fingerprint density at radius 1 is 1.03 bits per heavy atom. The zero-order valence-electron chi connectivity index (χ0n) is 20.6. The van der Waals surface area contributed by atoms with Crippen LogP contribution in [0.1, 0.15) is 39.0 Å². The first kappa shape index (κ1) is 25.7. The molecule has 1 N–H and O–H groups in total. The number of hydrogen-bond donors (Lipinski definition) is 1. The fourth-order valence-electron chi connectivity index (χ4n) is 3.99. The van der Waals surface area contributed by atoms with Crippen LogP contribution in [-0.2, 0) is 16.1 Å². The third kappa shape index (κ3) is 5.51. The minimum absolute atomic E-state index is 0.0486. The Kier molecular flexibility index (Phi) is 7.12. The number of halogens is 1. The van der Waals surface area contributed by atoms with Crippen molar-refractivity contribution in [3.63, 3.8) is 0 Å². The first-order valence-electron chi connectivity index (χ1n) is 11.9. The van der Waals surface area contributed by atoms with E-state index < -0.39 is 17.8 Å². The molecule has 0 bridgehead atoms. The van der Waals surface area contributed by atoms with Crippen molar-refractivity contribution in [2.75, 3.05) is 5.01 Å². The minimum Gasteiger partial charge on any atom is -0.478 e. The summed E-state index contributed by atoms with van der Waals surface area (Å²) >= 11 is 6.27. The number of carboxylic acids is 1. The third-order valence-corrected chi connectivity index (χ3v) is 6.33. The number of esters is 1. The van der Waals surface area contributed by atoms with Gasteiger partial charge in [-0.3, -0.25) is 4.79 Å². The van der Waals surface area contributed by atoms with E-state index in [1.54, 1.807) is 55.5 Å². The van der Waals surface area contributed by atoms with E-state index in [1.807, 2.05) is 30.3 Å². The number of nitrogens with zero attached hydrogens (tertiary/aromatic N) is 2. The lowest BCUT2D eigenvalue weighted by molar-refractivity contribution is -0.114. The van der Waals surface area contributed by atoms with Crippen LogP contribution in [0.4, 0.5) is 5.69 Å². The average molecular weight is 541 g/mol. The molecule has 8 nitrogen and oxygen atoms in total. The van der Waals surface area contributed by atoms with E-state index in [0.717, 1.165) is 10.6 Å². The highest BCUT2D eigenvalue weighted by molar-refractivity contribution is 6.33. The number of carboxylic acid groups (broad SMARTS) is 1. The second kappa shape index (κ2) is 10.8. The van der Waals surface area contributed by atoms with Crippen LogP contribution in [0.15, 0.2) is 100 Å². The molecule has 3 aromatic carbocycles. The molecule has 5 rings (SSSR count). The van der Waals surface area contributed by atoms with Gasteiger partial charge in [-0.1, -0.05) is 48.0 Å². The van der Waals surface area contributed by atoms with Crippen LogP contribution in [0.25, 0.3) is 17.4 Å². The van der Waals surface area contributed by atoms with Crippen LogP contribution < -0.4 is 5.01 Å². The molecule has 0 unspecified atom stereocenters. The molecule has 0 fully saturated rings. The number of hydrazone groups is 1. The van der Waals surface area contributed by atoms with E-state index in [2.05, 4.69) is 5.10 Å². The van der Waals surface area contributed by atoms with Gasteiger partial charge in [-0.15, -0.1) is 0 Å². The van der Waals surface area contributed by atoms with Crippen molar-refractivity contribution >= 4 is 46.9 Å². The summed E-state index contributed by atoms with van der Waals surface area (Å²) in [5.74, 6) is -1.22. The molecule has 2 heterocycles. The van der Waals surface area contributed by atoms with Gasteiger partial charge in [0.15, 0.2) is 0 Å². The van der Waals surface area contributed by atoms with Gasteiger partial charge >= 0.3 is 11.9 Å². The highest BCUT2D eigenvalue weighted by atomic mass is 35.5. The Hall–Kier alpha value is -4.95. The highest BCUT2D eigenvalue weighted by Crippen LogP contribution is 2.30. The Balaban J connectivity index is 1.35. The lowest BCUT2D eigenvalue weighted by Crippen LogP contribution is -2.21. The molecule has 194 valence electrons. The van der Waals surface area contributed by atoms with Gasteiger partial charge in [-0.05, 0) is 67.1 Å². The number of furan rings is 1. The molecule has 0 saturated heterocycles. The van der Waals surface area contributed by atoms with Gasteiger partial charge in [0.2, 0.25) is 0 Å². The van der Waals surface area contributed by atoms with E-state index in [1.165, 1.54) is 12.1 Å². The normalized spacial score (nSPS) is 14.0. The summed E-state index contributed by atoms with van der Waals surface area (Å²) in [5, 5.41) is 15.0. The molecule has 1 aliphatic heterocycles. The molecule has 4 aromatic rings. The lowest BCUT2D eigenvalue weighted by Gasteiger charge is -2.12. The van der Waals surface area contributed by atoms with Crippen molar-refractivity contribution in [1.29, 1.82) is 0 Å². The van der Waals surface area contributed by atoms with Crippen LogP contribution in [0.5, 0.6) is 0 Å². The van der Waals surface area contributed by atoms with Crippen molar-refractivity contribution in [3.8, 4) is 11.3 Å². The van der Waals surface area contributed by atoms with Gasteiger partial charge in [0.1, 0.15) is 18.1 Å². The lowest BCUT2D eigenvalue weighted by atomic mass is 10.1. The fraction of sp³-hybridized carbons (Fsp3) is 0.0667. The second-order valence-electron chi connectivity index (χ2n) is 8.67. The van der Waals surface area contributed by atoms with Crippen LogP contribution in [0.3, 0.4) is 0 Å². The monoisotopic (exact) mass is 540 g/mol. The first-order valence-corrected chi connectivity index (χ1v) is 12.2. The maximum absolute atomic E-state index is 13.1.